The molecule has 0 amide bonds. The molecule has 3 nitrogen and oxygen atoms in total. The van der Waals surface area contributed by atoms with Crippen LogP contribution in [0.2, 0.25) is 23.2 Å². The maximum Gasteiger partial charge on any atom is 0.200 e. The standard InChI is InChI=1S/C21H27ClO3SSi/c1-21(2,3)27(4,5)25-15-18(17-11-13-19(22)14-12-17)16-26(23,24)20-9-7-6-8-10-20/h6-14,16H,15H2,1-5H3/b18-16+. The first-order valence-electron chi connectivity index (χ1n) is 8.83. The third-order valence-corrected chi connectivity index (χ3v) is 11.2. The summed E-state index contributed by atoms with van der Waals surface area (Å²) in [4.78, 5) is 0.267. The molecule has 0 heterocycles. The lowest BCUT2D eigenvalue weighted by Crippen LogP contribution is -2.41. The van der Waals surface area contributed by atoms with E-state index >= 15 is 0 Å². The highest BCUT2D eigenvalue weighted by Crippen LogP contribution is 2.37. The molecule has 27 heavy (non-hydrogen) atoms. The molecule has 0 bridgehead atoms. The first kappa shape index (κ1) is 21.9. The van der Waals surface area contributed by atoms with Crippen molar-refractivity contribution < 1.29 is 12.8 Å². The highest BCUT2D eigenvalue weighted by atomic mass is 35.5. The average Bonchev–Trinajstić information content (AvgIpc) is 2.59. The molecule has 0 aromatic heterocycles. The summed E-state index contributed by atoms with van der Waals surface area (Å²) >= 11 is 5.99. The Kier molecular flexibility index (Phi) is 6.74. The van der Waals surface area contributed by atoms with E-state index in [1.807, 2.05) is 12.1 Å². The van der Waals surface area contributed by atoms with Crippen molar-refractivity contribution in [3.05, 3.63) is 70.6 Å². The molecule has 6 heteroatoms. The first-order valence-corrected chi connectivity index (χ1v) is 13.7. The van der Waals surface area contributed by atoms with Gasteiger partial charge in [0, 0.05) is 10.4 Å². The maximum absolute atomic E-state index is 12.9. The van der Waals surface area contributed by atoms with Gasteiger partial charge in [-0.3, -0.25) is 0 Å². The summed E-state index contributed by atoms with van der Waals surface area (Å²) in [6.45, 7) is 11.0. The lowest BCUT2D eigenvalue weighted by atomic mass is 10.1. The van der Waals surface area contributed by atoms with Crippen LogP contribution in [0.1, 0.15) is 26.3 Å². The highest BCUT2D eigenvalue weighted by Gasteiger charge is 2.37. The van der Waals surface area contributed by atoms with Crippen LogP contribution < -0.4 is 0 Å². The zero-order valence-corrected chi connectivity index (χ0v) is 19.1. The van der Waals surface area contributed by atoms with Crippen LogP contribution in [0.25, 0.3) is 5.57 Å². The highest BCUT2D eigenvalue weighted by molar-refractivity contribution is 7.94. The number of sulfone groups is 1. The summed E-state index contributed by atoms with van der Waals surface area (Å²) in [5.41, 5.74) is 1.41. The number of hydrogen-bond donors (Lipinski definition) is 0. The number of hydrogen-bond acceptors (Lipinski definition) is 3. The smallest absolute Gasteiger partial charge is 0.200 e. The van der Waals surface area contributed by atoms with E-state index in [1.165, 1.54) is 5.41 Å². The summed E-state index contributed by atoms with van der Waals surface area (Å²) < 4.78 is 32.0. The molecule has 0 N–H and O–H groups in total. The van der Waals surface area contributed by atoms with E-state index in [0.29, 0.717) is 10.6 Å². The molecule has 2 aromatic carbocycles. The van der Waals surface area contributed by atoms with Gasteiger partial charge in [-0.1, -0.05) is 62.7 Å². The Morgan fingerprint density at radius 1 is 1.04 bits per heavy atom. The van der Waals surface area contributed by atoms with Gasteiger partial charge >= 0.3 is 0 Å². The summed E-state index contributed by atoms with van der Waals surface area (Å²) in [6.07, 6.45) is 0. The van der Waals surface area contributed by atoms with E-state index in [1.54, 1.807) is 42.5 Å². The largest absolute Gasteiger partial charge is 0.413 e. The summed E-state index contributed by atoms with van der Waals surface area (Å²) in [7, 11) is -5.61. The minimum atomic E-state index is -3.58. The lowest BCUT2D eigenvalue weighted by Gasteiger charge is -2.36. The van der Waals surface area contributed by atoms with Gasteiger partial charge in [-0.2, -0.15) is 0 Å². The minimum Gasteiger partial charge on any atom is -0.413 e. The second-order valence-electron chi connectivity index (χ2n) is 8.06. The summed E-state index contributed by atoms with van der Waals surface area (Å²) in [5, 5.41) is 1.96. The van der Waals surface area contributed by atoms with Gasteiger partial charge in [0.15, 0.2) is 18.2 Å². The molecule has 0 aliphatic carbocycles. The van der Waals surface area contributed by atoms with E-state index in [-0.39, 0.29) is 16.5 Å². The molecular formula is C21H27ClO3SSi. The second kappa shape index (κ2) is 8.31. The van der Waals surface area contributed by atoms with Gasteiger partial charge in [-0.05, 0) is 53.5 Å². The van der Waals surface area contributed by atoms with Gasteiger partial charge in [0.2, 0.25) is 0 Å². The van der Waals surface area contributed by atoms with E-state index in [4.69, 9.17) is 16.0 Å². The van der Waals surface area contributed by atoms with Crippen molar-refractivity contribution in [1.29, 1.82) is 0 Å². The predicted molar refractivity (Wildman–Crippen MR) is 116 cm³/mol. The molecule has 0 fully saturated rings. The Morgan fingerprint density at radius 3 is 2.11 bits per heavy atom. The Morgan fingerprint density at radius 2 is 1.59 bits per heavy atom. The monoisotopic (exact) mass is 422 g/mol. The third-order valence-electron chi connectivity index (χ3n) is 4.98. The van der Waals surface area contributed by atoms with Crippen molar-refractivity contribution in [3.63, 3.8) is 0 Å². The van der Waals surface area contributed by atoms with Gasteiger partial charge < -0.3 is 4.43 Å². The number of rotatable bonds is 6. The number of benzene rings is 2. The Balaban J connectivity index is 2.43. The zero-order chi connectivity index (χ0) is 20.3. The van der Waals surface area contributed by atoms with E-state index in [9.17, 15) is 8.42 Å². The summed E-state index contributed by atoms with van der Waals surface area (Å²) in [5.74, 6) is 0. The van der Waals surface area contributed by atoms with E-state index in [0.717, 1.165) is 5.56 Å². The Bertz CT molecular complexity index is 897. The van der Waals surface area contributed by atoms with Crippen LogP contribution in [0.4, 0.5) is 0 Å². The quantitative estimate of drug-likeness (QED) is 0.522. The van der Waals surface area contributed by atoms with E-state index in [2.05, 4.69) is 33.9 Å². The Hall–Kier alpha value is -1.40. The van der Waals surface area contributed by atoms with Gasteiger partial charge in [0.25, 0.3) is 0 Å². The van der Waals surface area contributed by atoms with Crippen molar-refractivity contribution in [2.45, 2.75) is 43.8 Å². The fraction of sp³-hybridized carbons (Fsp3) is 0.333. The van der Waals surface area contributed by atoms with Crippen LogP contribution in [0.5, 0.6) is 0 Å². The van der Waals surface area contributed by atoms with Crippen LogP contribution in [0.3, 0.4) is 0 Å². The number of halogens is 1. The zero-order valence-electron chi connectivity index (χ0n) is 16.5. The molecule has 0 aliphatic heterocycles. The van der Waals surface area contributed by atoms with Crippen LogP contribution in [-0.2, 0) is 14.3 Å². The summed E-state index contributed by atoms with van der Waals surface area (Å²) in [6, 6.07) is 15.6. The SMILES string of the molecule is CC(C)(C)[Si](C)(C)OC/C(=C\S(=O)(=O)c1ccccc1)c1ccc(Cl)cc1. The van der Waals surface area contributed by atoms with Gasteiger partial charge in [0.05, 0.1) is 11.5 Å². The maximum atomic E-state index is 12.9. The molecule has 2 rings (SSSR count). The first-order chi connectivity index (χ1) is 12.4. The molecule has 0 unspecified atom stereocenters. The van der Waals surface area contributed by atoms with Crippen LogP contribution in [0, 0.1) is 0 Å². The van der Waals surface area contributed by atoms with Crippen molar-refractivity contribution in [2.75, 3.05) is 6.61 Å². The molecule has 0 spiro atoms. The fourth-order valence-electron chi connectivity index (χ4n) is 2.19. The van der Waals surface area contributed by atoms with Crippen molar-refractivity contribution in [1.82, 2.24) is 0 Å². The molecule has 146 valence electrons. The molecule has 0 atom stereocenters. The van der Waals surface area contributed by atoms with Crippen molar-refractivity contribution in [3.8, 4) is 0 Å². The molecule has 0 radical (unpaired) electrons. The van der Waals surface area contributed by atoms with Crippen LogP contribution >= 0.6 is 11.6 Å². The normalized spacial score (nSPS) is 13.6. The van der Waals surface area contributed by atoms with Gasteiger partial charge in [0.1, 0.15) is 0 Å². The third kappa shape index (κ3) is 5.78. The molecule has 2 aromatic rings. The minimum absolute atomic E-state index is 0.0381. The predicted octanol–water partition coefficient (Wildman–Crippen LogP) is 6.18. The lowest BCUT2D eigenvalue weighted by molar-refractivity contribution is 0.334. The molecule has 0 saturated carbocycles. The van der Waals surface area contributed by atoms with Gasteiger partial charge in [-0.15, -0.1) is 0 Å². The second-order valence-corrected chi connectivity index (χ2v) is 15.1. The molecular weight excluding hydrogens is 396 g/mol. The average molecular weight is 423 g/mol. The van der Waals surface area contributed by atoms with Gasteiger partial charge in [-0.25, -0.2) is 8.42 Å². The molecule has 0 saturated heterocycles. The van der Waals surface area contributed by atoms with Crippen LogP contribution in [0.15, 0.2) is 64.9 Å². The van der Waals surface area contributed by atoms with Crippen molar-refractivity contribution >= 4 is 35.3 Å². The Labute approximate surface area is 169 Å². The topological polar surface area (TPSA) is 43.4 Å². The van der Waals surface area contributed by atoms with Crippen molar-refractivity contribution in [2.24, 2.45) is 0 Å². The van der Waals surface area contributed by atoms with Crippen LogP contribution in [-0.4, -0.2) is 23.3 Å². The molecule has 0 aliphatic rings. The fourth-order valence-corrected chi connectivity index (χ4v) is 4.52. The van der Waals surface area contributed by atoms with E-state index < -0.39 is 18.2 Å².